The van der Waals surface area contributed by atoms with Gasteiger partial charge in [0.25, 0.3) is 11.5 Å². The highest BCUT2D eigenvalue weighted by atomic mass is 16.5. The second-order valence-electron chi connectivity index (χ2n) is 8.47. The molecule has 5 rings (SSSR count). The lowest BCUT2D eigenvalue weighted by atomic mass is 10.1. The lowest BCUT2D eigenvalue weighted by molar-refractivity contribution is 0.0229. The van der Waals surface area contributed by atoms with Gasteiger partial charge in [-0.15, -0.1) is 0 Å². The second kappa shape index (κ2) is 9.17. The molecular formula is C25H27N5O3. The summed E-state index contributed by atoms with van der Waals surface area (Å²) in [6, 6.07) is 17.2. The molecule has 1 fully saturated rings. The van der Waals surface area contributed by atoms with Crippen molar-refractivity contribution < 1.29 is 9.53 Å². The van der Waals surface area contributed by atoms with Gasteiger partial charge in [0.15, 0.2) is 0 Å². The molecule has 2 aromatic heterocycles. The number of ether oxygens (including phenoxy) is 1. The number of aromatic nitrogens is 3. The number of amides is 1. The van der Waals surface area contributed by atoms with Crippen molar-refractivity contribution in [2.24, 2.45) is 0 Å². The molecular weight excluding hydrogens is 418 g/mol. The Kier molecular flexibility index (Phi) is 5.93. The number of fused-ring (bicyclic) bond motifs is 3. The van der Waals surface area contributed by atoms with Crippen LogP contribution in [0.1, 0.15) is 22.8 Å². The third-order valence-corrected chi connectivity index (χ3v) is 6.22. The first-order valence-corrected chi connectivity index (χ1v) is 11.3. The van der Waals surface area contributed by atoms with Crippen LogP contribution in [0.4, 0.5) is 0 Å². The van der Waals surface area contributed by atoms with Crippen LogP contribution in [0.2, 0.25) is 0 Å². The molecule has 1 amide bonds. The number of benzene rings is 2. The van der Waals surface area contributed by atoms with Crippen molar-refractivity contribution >= 4 is 22.5 Å². The zero-order valence-corrected chi connectivity index (χ0v) is 18.6. The molecule has 1 saturated heterocycles. The molecule has 1 N–H and O–H groups in total. The van der Waals surface area contributed by atoms with Gasteiger partial charge in [-0.05, 0) is 24.6 Å². The summed E-state index contributed by atoms with van der Waals surface area (Å²) >= 11 is 0. The van der Waals surface area contributed by atoms with E-state index in [0.29, 0.717) is 41.9 Å². The number of hydrogen-bond donors (Lipinski definition) is 1. The van der Waals surface area contributed by atoms with Crippen LogP contribution >= 0.6 is 0 Å². The Morgan fingerprint density at radius 2 is 1.85 bits per heavy atom. The van der Waals surface area contributed by atoms with Gasteiger partial charge >= 0.3 is 0 Å². The average Bonchev–Trinajstić information content (AvgIpc) is 3.27. The van der Waals surface area contributed by atoms with E-state index < -0.39 is 0 Å². The number of para-hydroxylation sites is 1. The number of H-pyrrole nitrogens is 1. The van der Waals surface area contributed by atoms with E-state index in [1.165, 1.54) is 0 Å². The zero-order valence-electron chi connectivity index (χ0n) is 18.6. The van der Waals surface area contributed by atoms with Crippen LogP contribution in [0.5, 0.6) is 0 Å². The molecule has 0 saturated carbocycles. The highest BCUT2D eigenvalue weighted by Crippen LogP contribution is 2.19. The summed E-state index contributed by atoms with van der Waals surface area (Å²) in [5, 5.41) is 4.98. The van der Waals surface area contributed by atoms with Crippen LogP contribution in [0.15, 0.2) is 65.6 Å². The summed E-state index contributed by atoms with van der Waals surface area (Å²) in [5.74, 6) is -0.152. The van der Waals surface area contributed by atoms with Crippen LogP contribution in [0, 0.1) is 0 Å². The molecule has 0 radical (unpaired) electrons. The molecule has 2 aromatic carbocycles. The van der Waals surface area contributed by atoms with Crippen LogP contribution in [-0.4, -0.2) is 69.2 Å². The van der Waals surface area contributed by atoms with E-state index in [0.717, 1.165) is 25.2 Å². The molecule has 1 aliphatic rings. The highest BCUT2D eigenvalue weighted by Gasteiger charge is 2.27. The van der Waals surface area contributed by atoms with Crippen molar-refractivity contribution in [3.63, 3.8) is 0 Å². The molecule has 0 spiro atoms. The Labute approximate surface area is 191 Å². The van der Waals surface area contributed by atoms with Gasteiger partial charge in [0.2, 0.25) is 0 Å². The minimum atomic E-state index is -0.233. The fraction of sp³-hybridized carbons (Fsp3) is 0.320. The Morgan fingerprint density at radius 1 is 1.12 bits per heavy atom. The van der Waals surface area contributed by atoms with Gasteiger partial charge < -0.3 is 14.6 Å². The van der Waals surface area contributed by atoms with Crippen LogP contribution in [0.3, 0.4) is 0 Å². The maximum Gasteiger partial charge on any atom is 0.259 e. The van der Waals surface area contributed by atoms with Crippen molar-refractivity contribution in [2.45, 2.75) is 19.5 Å². The SMILES string of the molecule is CC(CN1CCOCC1)N(Cc1ccccc1)C(=O)c1cnn2c1[nH]c(=O)c1ccccc12. The standard InChI is InChI=1S/C25H27N5O3/c1-18(16-28-11-13-33-14-12-28)29(17-19-7-3-2-4-8-19)25(32)21-15-26-30-22-10-6-5-9-20(22)24(31)27-23(21)30/h2-10,15,18H,11-14,16-17H2,1H3,(H,27,31). The fourth-order valence-electron chi connectivity index (χ4n) is 4.45. The lowest BCUT2D eigenvalue weighted by Gasteiger charge is -2.35. The second-order valence-corrected chi connectivity index (χ2v) is 8.47. The molecule has 170 valence electrons. The number of hydrogen-bond acceptors (Lipinski definition) is 5. The van der Waals surface area contributed by atoms with E-state index in [4.69, 9.17) is 4.74 Å². The number of nitrogens with one attached hydrogen (secondary N) is 1. The van der Waals surface area contributed by atoms with Crippen LogP contribution in [0.25, 0.3) is 16.6 Å². The molecule has 0 aliphatic carbocycles. The zero-order chi connectivity index (χ0) is 22.8. The summed E-state index contributed by atoms with van der Waals surface area (Å²) in [7, 11) is 0. The largest absolute Gasteiger partial charge is 0.379 e. The maximum absolute atomic E-state index is 13.9. The maximum atomic E-state index is 13.9. The van der Waals surface area contributed by atoms with Gasteiger partial charge in [0, 0.05) is 32.2 Å². The first-order valence-electron chi connectivity index (χ1n) is 11.3. The fourth-order valence-corrected chi connectivity index (χ4v) is 4.45. The minimum absolute atomic E-state index is 0.0436. The summed E-state index contributed by atoms with van der Waals surface area (Å²) in [6.45, 7) is 6.42. The molecule has 33 heavy (non-hydrogen) atoms. The van der Waals surface area contributed by atoms with E-state index >= 15 is 0 Å². The van der Waals surface area contributed by atoms with Gasteiger partial charge in [0.05, 0.1) is 30.3 Å². The molecule has 1 atom stereocenters. The van der Waals surface area contributed by atoms with E-state index in [1.54, 1.807) is 16.8 Å². The summed E-state index contributed by atoms with van der Waals surface area (Å²) < 4.78 is 7.11. The molecule has 1 unspecified atom stereocenters. The molecule has 3 heterocycles. The van der Waals surface area contributed by atoms with Gasteiger partial charge in [0.1, 0.15) is 11.2 Å². The lowest BCUT2D eigenvalue weighted by Crippen LogP contribution is -2.48. The number of aromatic amines is 1. The molecule has 0 bridgehead atoms. The van der Waals surface area contributed by atoms with Crippen molar-refractivity contribution in [1.82, 2.24) is 24.4 Å². The van der Waals surface area contributed by atoms with Gasteiger partial charge in [-0.2, -0.15) is 5.10 Å². The number of carbonyl (C=O) groups excluding carboxylic acids is 1. The van der Waals surface area contributed by atoms with E-state index in [9.17, 15) is 9.59 Å². The van der Waals surface area contributed by atoms with Crippen LogP contribution < -0.4 is 5.56 Å². The number of morpholine rings is 1. The monoisotopic (exact) mass is 445 g/mol. The van der Waals surface area contributed by atoms with Crippen molar-refractivity contribution in [2.75, 3.05) is 32.8 Å². The Balaban J connectivity index is 1.52. The Hall–Kier alpha value is -3.49. The normalized spacial score (nSPS) is 15.7. The predicted molar refractivity (Wildman–Crippen MR) is 126 cm³/mol. The Morgan fingerprint density at radius 3 is 2.64 bits per heavy atom. The summed E-state index contributed by atoms with van der Waals surface area (Å²) in [6.07, 6.45) is 1.56. The average molecular weight is 446 g/mol. The molecule has 4 aromatic rings. The molecule has 8 heteroatoms. The Bertz CT molecular complexity index is 1320. The first-order chi connectivity index (χ1) is 16.1. The molecule has 8 nitrogen and oxygen atoms in total. The first kappa shape index (κ1) is 21.4. The van der Waals surface area contributed by atoms with Gasteiger partial charge in [-0.25, -0.2) is 4.52 Å². The van der Waals surface area contributed by atoms with Crippen LogP contribution in [-0.2, 0) is 11.3 Å². The number of carbonyl (C=O) groups is 1. The van der Waals surface area contributed by atoms with E-state index in [-0.39, 0.29) is 17.5 Å². The highest BCUT2D eigenvalue weighted by molar-refractivity contribution is 6.00. The number of rotatable bonds is 6. The summed E-state index contributed by atoms with van der Waals surface area (Å²) in [4.78, 5) is 33.6. The van der Waals surface area contributed by atoms with E-state index in [2.05, 4.69) is 21.9 Å². The van der Waals surface area contributed by atoms with E-state index in [1.807, 2.05) is 53.4 Å². The van der Waals surface area contributed by atoms with Crippen molar-refractivity contribution in [3.05, 3.63) is 82.3 Å². The topological polar surface area (TPSA) is 82.9 Å². The predicted octanol–water partition coefficient (Wildman–Crippen LogP) is 2.54. The van der Waals surface area contributed by atoms with Gasteiger partial charge in [-0.3, -0.25) is 14.5 Å². The molecule has 1 aliphatic heterocycles. The van der Waals surface area contributed by atoms with Crippen molar-refractivity contribution in [3.8, 4) is 0 Å². The third kappa shape index (κ3) is 4.27. The minimum Gasteiger partial charge on any atom is -0.379 e. The summed E-state index contributed by atoms with van der Waals surface area (Å²) in [5.41, 5.74) is 2.30. The smallest absolute Gasteiger partial charge is 0.259 e. The van der Waals surface area contributed by atoms with Crippen molar-refractivity contribution in [1.29, 1.82) is 0 Å². The van der Waals surface area contributed by atoms with Gasteiger partial charge in [-0.1, -0.05) is 42.5 Å². The number of nitrogens with zero attached hydrogens (tertiary/aromatic N) is 4. The quantitative estimate of drug-likeness (QED) is 0.493. The third-order valence-electron chi connectivity index (χ3n) is 6.22.